The largest absolute Gasteiger partial charge is 0.493 e. The second kappa shape index (κ2) is 8.18. The highest BCUT2D eigenvalue weighted by atomic mass is 79.9. The van der Waals surface area contributed by atoms with Crippen LogP contribution < -0.4 is 9.47 Å². The first-order valence-corrected chi connectivity index (χ1v) is 10.8. The summed E-state index contributed by atoms with van der Waals surface area (Å²) in [6.45, 7) is 2.49. The number of hydrogen-bond acceptors (Lipinski definition) is 5. The predicted octanol–water partition coefficient (Wildman–Crippen LogP) is 4.50. The van der Waals surface area contributed by atoms with Crippen molar-refractivity contribution < 1.29 is 17.9 Å². The van der Waals surface area contributed by atoms with Crippen LogP contribution in [-0.4, -0.2) is 33.5 Å². The van der Waals surface area contributed by atoms with Gasteiger partial charge in [-0.15, -0.1) is 11.3 Å². The molecule has 0 amide bonds. The number of rotatable bonds is 7. The quantitative estimate of drug-likeness (QED) is 0.563. The van der Waals surface area contributed by atoms with Crippen LogP contribution in [0.5, 0.6) is 11.5 Å². The molecule has 0 fully saturated rings. The number of thiophene rings is 1. The molecule has 0 atom stereocenters. The van der Waals surface area contributed by atoms with E-state index in [9.17, 15) is 8.42 Å². The van der Waals surface area contributed by atoms with Crippen LogP contribution in [0.4, 0.5) is 0 Å². The number of methoxy groups -OCH3 is 2. The van der Waals surface area contributed by atoms with Gasteiger partial charge in [-0.3, -0.25) is 0 Å². The van der Waals surface area contributed by atoms with Crippen LogP contribution in [0.1, 0.15) is 11.8 Å². The van der Waals surface area contributed by atoms with Crippen LogP contribution in [0.15, 0.2) is 37.4 Å². The summed E-state index contributed by atoms with van der Waals surface area (Å²) in [5.41, 5.74) is 0. The molecule has 1 heterocycles. The molecule has 0 radical (unpaired) electrons. The molecule has 2 aromatic rings. The number of halogens is 2. The van der Waals surface area contributed by atoms with E-state index < -0.39 is 10.0 Å². The Balaban J connectivity index is 2.43. The fourth-order valence-corrected chi connectivity index (χ4v) is 6.15. The number of sulfonamides is 1. The van der Waals surface area contributed by atoms with Crippen molar-refractivity contribution in [1.29, 1.82) is 0 Å². The van der Waals surface area contributed by atoms with Crippen LogP contribution in [-0.2, 0) is 16.6 Å². The van der Waals surface area contributed by atoms with Crippen LogP contribution in [0.3, 0.4) is 0 Å². The Kier molecular flexibility index (Phi) is 6.72. The van der Waals surface area contributed by atoms with Crippen molar-refractivity contribution in [2.24, 2.45) is 0 Å². The van der Waals surface area contributed by atoms with Crippen LogP contribution in [0.25, 0.3) is 0 Å². The minimum absolute atomic E-state index is 0.151. The molecule has 132 valence electrons. The maximum atomic E-state index is 13.1. The summed E-state index contributed by atoms with van der Waals surface area (Å²) >= 11 is 8.24. The molecule has 2 rings (SSSR count). The van der Waals surface area contributed by atoms with E-state index in [0.717, 1.165) is 8.66 Å². The number of benzene rings is 1. The van der Waals surface area contributed by atoms with Gasteiger partial charge in [0, 0.05) is 28.5 Å². The Labute approximate surface area is 162 Å². The molecule has 0 unspecified atom stereocenters. The topological polar surface area (TPSA) is 55.8 Å². The minimum Gasteiger partial charge on any atom is -0.493 e. The van der Waals surface area contributed by atoms with Gasteiger partial charge in [-0.2, -0.15) is 4.31 Å². The van der Waals surface area contributed by atoms with Crippen molar-refractivity contribution in [2.45, 2.75) is 18.4 Å². The van der Waals surface area contributed by atoms with E-state index in [1.807, 2.05) is 19.1 Å². The van der Waals surface area contributed by atoms with Gasteiger partial charge >= 0.3 is 0 Å². The zero-order valence-electron chi connectivity index (χ0n) is 13.4. The molecule has 0 N–H and O–H groups in total. The van der Waals surface area contributed by atoms with E-state index in [4.69, 9.17) is 9.47 Å². The number of hydrogen-bond donors (Lipinski definition) is 0. The van der Waals surface area contributed by atoms with Gasteiger partial charge < -0.3 is 9.47 Å². The molecule has 1 aromatic carbocycles. The highest BCUT2D eigenvalue weighted by Gasteiger charge is 2.27. The van der Waals surface area contributed by atoms with Gasteiger partial charge in [-0.25, -0.2) is 8.42 Å². The Morgan fingerprint density at radius 2 is 1.75 bits per heavy atom. The van der Waals surface area contributed by atoms with Crippen molar-refractivity contribution in [3.8, 4) is 11.5 Å². The fourth-order valence-electron chi connectivity index (χ4n) is 2.15. The lowest BCUT2D eigenvalue weighted by Gasteiger charge is -2.21. The lowest BCUT2D eigenvalue weighted by atomic mass is 10.3. The zero-order valence-corrected chi connectivity index (χ0v) is 18.2. The zero-order chi connectivity index (χ0) is 17.9. The molecule has 0 aliphatic rings. The van der Waals surface area contributed by atoms with Gasteiger partial charge in [0.25, 0.3) is 0 Å². The van der Waals surface area contributed by atoms with Crippen LogP contribution in [0, 0.1) is 0 Å². The van der Waals surface area contributed by atoms with E-state index in [2.05, 4.69) is 31.9 Å². The van der Waals surface area contributed by atoms with Gasteiger partial charge in [-0.05, 0) is 50.1 Å². The predicted molar refractivity (Wildman–Crippen MR) is 103 cm³/mol. The van der Waals surface area contributed by atoms with Gasteiger partial charge in [0.15, 0.2) is 11.5 Å². The average Bonchev–Trinajstić information content (AvgIpc) is 2.96. The molecule has 0 aliphatic carbocycles. The first-order valence-electron chi connectivity index (χ1n) is 6.99. The molecule has 24 heavy (non-hydrogen) atoms. The minimum atomic E-state index is -3.69. The lowest BCUT2D eigenvalue weighted by Crippen LogP contribution is -2.30. The molecule has 0 aliphatic heterocycles. The second-order valence-corrected chi connectivity index (χ2v) is 10.1. The number of ether oxygens (including phenoxy) is 2. The van der Waals surface area contributed by atoms with Gasteiger partial charge in [-0.1, -0.05) is 6.92 Å². The van der Waals surface area contributed by atoms with Crippen LogP contribution >= 0.6 is 43.2 Å². The normalized spacial score (nSPS) is 11.8. The van der Waals surface area contributed by atoms with E-state index >= 15 is 0 Å². The first kappa shape index (κ1) is 19.7. The summed E-state index contributed by atoms with van der Waals surface area (Å²) in [6.07, 6.45) is 0. The highest BCUT2D eigenvalue weighted by Crippen LogP contribution is 2.37. The molecule has 9 heteroatoms. The Hall–Kier alpha value is -0.610. The van der Waals surface area contributed by atoms with Gasteiger partial charge in [0.05, 0.1) is 18.0 Å². The smallest absolute Gasteiger partial charge is 0.244 e. The van der Waals surface area contributed by atoms with Crippen molar-refractivity contribution in [1.82, 2.24) is 4.31 Å². The third-order valence-electron chi connectivity index (χ3n) is 3.37. The standard InChI is InChI=1S/C15H17Br2NO4S2/c1-4-18(9-10-5-6-15(17)23-10)24(19,20)14-8-13(22-3)12(21-2)7-11(14)16/h5-8H,4,9H2,1-3H3. The van der Waals surface area contributed by atoms with E-state index in [-0.39, 0.29) is 4.90 Å². The molecule has 0 saturated heterocycles. The summed E-state index contributed by atoms with van der Waals surface area (Å²) in [6, 6.07) is 6.90. The maximum absolute atomic E-state index is 13.1. The van der Waals surface area contributed by atoms with Gasteiger partial charge in [0.2, 0.25) is 10.0 Å². The van der Waals surface area contributed by atoms with E-state index in [1.54, 1.807) is 6.07 Å². The summed E-state index contributed by atoms with van der Waals surface area (Å²) in [5.74, 6) is 0.836. The summed E-state index contributed by atoms with van der Waals surface area (Å²) in [7, 11) is -0.706. The fraction of sp³-hybridized carbons (Fsp3) is 0.333. The summed E-state index contributed by atoms with van der Waals surface area (Å²) in [4.78, 5) is 1.11. The average molecular weight is 499 g/mol. The van der Waals surface area contributed by atoms with Crippen molar-refractivity contribution in [3.63, 3.8) is 0 Å². The summed E-state index contributed by atoms with van der Waals surface area (Å²) in [5, 5.41) is 0. The third kappa shape index (κ3) is 4.13. The summed E-state index contributed by atoms with van der Waals surface area (Å²) < 4.78 is 39.4. The number of nitrogens with zero attached hydrogens (tertiary/aromatic N) is 1. The van der Waals surface area contributed by atoms with Crippen molar-refractivity contribution in [2.75, 3.05) is 20.8 Å². The molecular weight excluding hydrogens is 482 g/mol. The molecule has 1 aromatic heterocycles. The molecule has 0 saturated carbocycles. The van der Waals surface area contributed by atoms with Crippen LogP contribution in [0.2, 0.25) is 0 Å². The molecule has 5 nitrogen and oxygen atoms in total. The Morgan fingerprint density at radius 3 is 2.25 bits per heavy atom. The lowest BCUT2D eigenvalue weighted by molar-refractivity contribution is 0.353. The Morgan fingerprint density at radius 1 is 1.12 bits per heavy atom. The van der Waals surface area contributed by atoms with Crippen molar-refractivity contribution in [3.05, 3.63) is 37.4 Å². The SMILES string of the molecule is CCN(Cc1ccc(Br)s1)S(=O)(=O)c1cc(OC)c(OC)cc1Br. The molecule has 0 spiro atoms. The third-order valence-corrected chi connectivity index (χ3v) is 7.86. The molecular formula is C15H17Br2NO4S2. The first-order chi connectivity index (χ1) is 11.3. The van der Waals surface area contributed by atoms with Crippen molar-refractivity contribution >= 4 is 53.2 Å². The second-order valence-electron chi connectivity index (χ2n) is 4.77. The van der Waals surface area contributed by atoms with Gasteiger partial charge in [0.1, 0.15) is 4.90 Å². The highest BCUT2D eigenvalue weighted by molar-refractivity contribution is 9.11. The maximum Gasteiger partial charge on any atom is 0.244 e. The van der Waals surface area contributed by atoms with E-state index in [0.29, 0.717) is 29.1 Å². The Bertz CT molecular complexity index is 821. The van der Waals surface area contributed by atoms with E-state index in [1.165, 1.54) is 35.9 Å². The molecule has 0 bridgehead atoms. The monoisotopic (exact) mass is 497 g/mol.